The highest BCUT2D eigenvalue weighted by Crippen LogP contribution is 2.28. The van der Waals surface area contributed by atoms with Gasteiger partial charge in [-0.05, 0) is 65.1 Å². The first-order valence-electron chi connectivity index (χ1n) is 8.34. The zero-order chi connectivity index (χ0) is 13.4. The van der Waals surface area contributed by atoms with E-state index >= 15 is 0 Å². The number of nitrogens with one attached hydrogen (secondary N) is 1. The number of nitrogens with zero attached hydrogens (tertiary/aromatic N) is 2. The van der Waals surface area contributed by atoms with Crippen LogP contribution in [0.5, 0.6) is 0 Å². The Morgan fingerprint density at radius 3 is 2.74 bits per heavy atom. The van der Waals surface area contributed by atoms with Gasteiger partial charge in [0.2, 0.25) is 0 Å². The topological polar surface area (TPSA) is 18.5 Å². The van der Waals surface area contributed by atoms with Crippen LogP contribution in [0.3, 0.4) is 0 Å². The highest BCUT2D eigenvalue weighted by Gasteiger charge is 2.35. The van der Waals surface area contributed by atoms with E-state index in [4.69, 9.17) is 0 Å². The molecule has 0 amide bonds. The lowest BCUT2D eigenvalue weighted by Crippen LogP contribution is -2.55. The molecule has 3 heterocycles. The fourth-order valence-electron chi connectivity index (χ4n) is 4.45. The van der Waals surface area contributed by atoms with E-state index in [1.165, 1.54) is 51.7 Å². The predicted octanol–water partition coefficient (Wildman–Crippen LogP) is 1.93. The van der Waals surface area contributed by atoms with Crippen LogP contribution < -0.4 is 5.32 Å². The van der Waals surface area contributed by atoms with Crippen molar-refractivity contribution >= 4 is 0 Å². The van der Waals surface area contributed by atoms with Gasteiger partial charge in [-0.2, -0.15) is 0 Å². The summed E-state index contributed by atoms with van der Waals surface area (Å²) in [6.45, 7) is 8.74. The Labute approximate surface area is 118 Å². The number of hydrogen-bond donors (Lipinski definition) is 1. The molecule has 3 saturated heterocycles. The molecule has 19 heavy (non-hydrogen) atoms. The molecule has 0 spiro atoms. The molecule has 1 N–H and O–H groups in total. The lowest BCUT2D eigenvalue weighted by Gasteiger charge is -2.43. The van der Waals surface area contributed by atoms with Crippen LogP contribution in [0, 0.1) is 5.92 Å². The summed E-state index contributed by atoms with van der Waals surface area (Å²) in [6.07, 6.45) is 6.95. The molecule has 5 atom stereocenters. The standard InChI is InChI=1S/C16H31N3/c1-12-11-18(3)13(2)9-16(12)17-14-6-8-19-7-4-5-15(19)10-14/h12-17H,4-11H2,1-3H3. The van der Waals surface area contributed by atoms with Crippen molar-refractivity contribution in [2.24, 2.45) is 5.92 Å². The summed E-state index contributed by atoms with van der Waals surface area (Å²) in [4.78, 5) is 5.24. The number of hydrogen-bond acceptors (Lipinski definition) is 3. The molecule has 3 aliphatic rings. The van der Waals surface area contributed by atoms with E-state index in [0.29, 0.717) is 0 Å². The molecule has 0 radical (unpaired) electrons. The molecule has 0 saturated carbocycles. The smallest absolute Gasteiger partial charge is 0.0122 e. The molecule has 0 aromatic heterocycles. The highest BCUT2D eigenvalue weighted by atomic mass is 15.2. The van der Waals surface area contributed by atoms with E-state index in [0.717, 1.165) is 30.1 Å². The first-order valence-corrected chi connectivity index (χ1v) is 8.34. The molecule has 3 heteroatoms. The Morgan fingerprint density at radius 1 is 1.05 bits per heavy atom. The molecule has 3 aliphatic heterocycles. The van der Waals surface area contributed by atoms with Crippen molar-refractivity contribution in [1.82, 2.24) is 15.1 Å². The first-order chi connectivity index (χ1) is 9.13. The van der Waals surface area contributed by atoms with Crippen molar-refractivity contribution in [3.05, 3.63) is 0 Å². The van der Waals surface area contributed by atoms with E-state index in [1.54, 1.807) is 0 Å². The second kappa shape index (κ2) is 5.71. The van der Waals surface area contributed by atoms with Gasteiger partial charge in [0.25, 0.3) is 0 Å². The minimum absolute atomic E-state index is 0.736. The lowest BCUT2D eigenvalue weighted by molar-refractivity contribution is 0.0973. The molecule has 3 fully saturated rings. The minimum Gasteiger partial charge on any atom is -0.311 e. The van der Waals surface area contributed by atoms with Gasteiger partial charge in [-0.1, -0.05) is 6.92 Å². The van der Waals surface area contributed by atoms with Crippen LogP contribution in [-0.2, 0) is 0 Å². The number of fused-ring (bicyclic) bond motifs is 1. The summed E-state index contributed by atoms with van der Waals surface area (Å²) < 4.78 is 0. The second-order valence-corrected chi connectivity index (χ2v) is 7.33. The summed E-state index contributed by atoms with van der Waals surface area (Å²) in [5.74, 6) is 0.794. The van der Waals surface area contributed by atoms with Crippen LogP contribution in [0.25, 0.3) is 0 Å². The molecule has 0 aromatic rings. The van der Waals surface area contributed by atoms with Crippen LogP contribution in [0.1, 0.15) is 46.0 Å². The van der Waals surface area contributed by atoms with Crippen LogP contribution in [-0.4, -0.2) is 60.6 Å². The third-order valence-corrected chi connectivity index (χ3v) is 5.88. The Balaban J connectivity index is 1.53. The SMILES string of the molecule is CC1CN(C)C(C)CC1NC1CCN2CCCC2C1. The van der Waals surface area contributed by atoms with E-state index in [9.17, 15) is 0 Å². The van der Waals surface area contributed by atoms with E-state index in [2.05, 4.69) is 36.0 Å². The summed E-state index contributed by atoms with van der Waals surface area (Å²) in [5, 5.41) is 4.02. The van der Waals surface area contributed by atoms with Gasteiger partial charge < -0.3 is 15.1 Å². The summed E-state index contributed by atoms with van der Waals surface area (Å²) >= 11 is 0. The maximum atomic E-state index is 4.02. The van der Waals surface area contributed by atoms with Gasteiger partial charge in [-0.3, -0.25) is 0 Å². The molecule has 0 aliphatic carbocycles. The third-order valence-electron chi connectivity index (χ3n) is 5.88. The second-order valence-electron chi connectivity index (χ2n) is 7.33. The molecular formula is C16H31N3. The summed E-state index contributed by atoms with van der Waals surface area (Å²) in [7, 11) is 2.27. The summed E-state index contributed by atoms with van der Waals surface area (Å²) in [6, 6.07) is 3.15. The van der Waals surface area contributed by atoms with Crippen molar-refractivity contribution in [3.63, 3.8) is 0 Å². The van der Waals surface area contributed by atoms with Gasteiger partial charge in [0.05, 0.1) is 0 Å². The third kappa shape index (κ3) is 2.98. The lowest BCUT2D eigenvalue weighted by atomic mass is 9.87. The van der Waals surface area contributed by atoms with Crippen molar-refractivity contribution < 1.29 is 0 Å². The van der Waals surface area contributed by atoms with E-state index in [1.807, 2.05) is 0 Å². The Bertz CT molecular complexity index is 306. The van der Waals surface area contributed by atoms with Crippen LogP contribution in [0.4, 0.5) is 0 Å². The van der Waals surface area contributed by atoms with Gasteiger partial charge in [-0.25, -0.2) is 0 Å². The number of rotatable bonds is 2. The quantitative estimate of drug-likeness (QED) is 0.823. The predicted molar refractivity (Wildman–Crippen MR) is 80.4 cm³/mol. The van der Waals surface area contributed by atoms with Gasteiger partial charge >= 0.3 is 0 Å². The van der Waals surface area contributed by atoms with Gasteiger partial charge in [-0.15, -0.1) is 0 Å². The average molecular weight is 265 g/mol. The Kier molecular flexibility index (Phi) is 4.16. The van der Waals surface area contributed by atoms with Crippen LogP contribution in [0.15, 0.2) is 0 Å². The minimum atomic E-state index is 0.736. The van der Waals surface area contributed by atoms with Crippen molar-refractivity contribution in [2.45, 2.75) is 70.1 Å². The molecule has 0 aromatic carbocycles. The van der Waals surface area contributed by atoms with Crippen molar-refractivity contribution in [3.8, 4) is 0 Å². The number of likely N-dealkylation sites (tertiary alicyclic amines) is 1. The highest BCUT2D eigenvalue weighted by molar-refractivity contribution is 4.93. The molecule has 0 bridgehead atoms. The van der Waals surface area contributed by atoms with Crippen LogP contribution >= 0.6 is 0 Å². The fourth-order valence-corrected chi connectivity index (χ4v) is 4.45. The number of piperidine rings is 2. The van der Waals surface area contributed by atoms with Crippen LogP contribution in [0.2, 0.25) is 0 Å². The zero-order valence-electron chi connectivity index (χ0n) is 12.9. The van der Waals surface area contributed by atoms with Crippen molar-refractivity contribution in [2.75, 3.05) is 26.7 Å². The van der Waals surface area contributed by atoms with E-state index in [-0.39, 0.29) is 0 Å². The average Bonchev–Trinajstić information content (AvgIpc) is 2.83. The molecular weight excluding hydrogens is 234 g/mol. The molecule has 5 unspecified atom stereocenters. The Morgan fingerprint density at radius 2 is 1.89 bits per heavy atom. The van der Waals surface area contributed by atoms with Gasteiger partial charge in [0.15, 0.2) is 0 Å². The normalized spacial score (nSPS) is 45.3. The summed E-state index contributed by atoms with van der Waals surface area (Å²) in [5.41, 5.74) is 0. The van der Waals surface area contributed by atoms with Gasteiger partial charge in [0.1, 0.15) is 0 Å². The molecule has 3 nitrogen and oxygen atoms in total. The molecule has 110 valence electrons. The Hall–Kier alpha value is -0.120. The fraction of sp³-hybridized carbons (Fsp3) is 1.00. The van der Waals surface area contributed by atoms with E-state index < -0.39 is 0 Å². The molecule has 3 rings (SSSR count). The van der Waals surface area contributed by atoms with Gasteiger partial charge in [0, 0.05) is 30.7 Å². The van der Waals surface area contributed by atoms with Crippen molar-refractivity contribution in [1.29, 1.82) is 0 Å². The maximum Gasteiger partial charge on any atom is 0.0122 e. The maximum absolute atomic E-state index is 4.02. The zero-order valence-corrected chi connectivity index (χ0v) is 12.9. The monoisotopic (exact) mass is 265 g/mol. The first kappa shape index (κ1) is 13.8. The largest absolute Gasteiger partial charge is 0.311 e.